The van der Waals surface area contributed by atoms with Gasteiger partial charge in [0.2, 0.25) is 5.91 Å². The summed E-state index contributed by atoms with van der Waals surface area (Å²) < 4.78 is 18.4. The molecule has 0 aromatic heterocycles. The van der Waals surface area contributed by atoms with Gasteiger partial charge in [-0.3, -0.25) is 19.3 Å². The normalized spacial score (nSPS) is 12.7. The molecule has 0 atom stereocenters. The number of esters is 1. The molecule has 0 bridgehead atoms. The highest BCUT2D eigenvalue weighted by Gasteiger charge is 2.34. The predicted octanol–water partition coefficient (Wildman–Crippen LogP) is 2.63. The molecule has 144 valence electrons. The van der Waals surface area contributed by atoms with E-state index in [-0.39, 0.29) is 30.6 Å². The van der Waals surface area contributed by atoms with E-state index in [1.807, 2.05) is 0 Å². The first-order valence-corrected chi connectivity index (χ1v) is 8.55. The number of carbonyl (C=O) groups is 4. The number of nitrogens with one attached hydrogen (secondary N) is 1. The molecule has 0 saturated heterocycles. The number of hydrogen-bond acceptors (Lipinski definition) is 5. The number of rotatable bonds is 6. The van der Waals surface area contributed by atoms with Gasteiger partial charge in [0.1, 0.15) is 5.82 Å². The largest absolute Gasteiger partial charge is 0.465 e. The third-order valence-corrected chi connectivity index (χ3v) is 4.33. The van der Waals surface area contributed by atoms with Crippen molar-refractivity contribution in [1.29, 1.82) is 0 Å². The Morgan fingerprint density at radius 2 is 1.71 bits per heavy atom. The summed E-state index contributed by atoms with van der Waals surface area (Å²) in [4.78, 5) is 49.2. The van der Waals surface area contributed by atoms with Crippen LogP contribution in [0.5, 0.6) is 0 Å². The van der Waals surface area contributed by atoms with Gasteiger partial charge in [-0.25, -0.2) is 9.18 Å². The Labute approximate surface area is 160 Å². The van der Waals surface area contributed by atoms with Crippen molar-refractivity contribution >= 4 is 29.4 Å². The SMILES string of the molecule is COC(=O)c1ccc(F)c(NC(=O)CCCN2C(=O)c3ccccc3C2=O)c1. The monoisotopic (exact) mass is 384 g/mol. The third kappa shape index (κ3) is 3.75. The number of nitrogens with zero attached hydrogens (tertiary/aromatic N) is 1. The number of imide groups is 1. The molecule has 2 aromatic carbocycles. The lowest BCUT2D eigenvalue weighted by Crippen LogP contribution is -2.31. The standard InChI is InChI=1S/C20H17FN2O5/c1-28-20(27)12-8-9-15(21)16(11-12)22-17(24)7-4-10-23-18(25)13-5-2-3-6-14(13)19(23)26/h2-3,5-6,8-9,11H,4,7,10H2,1H3,(H,22,24). The van der Waals surface area contributed by atoms with E-state index in [2.05, 4.69) is 10.1 Å². The number of ether oxygens (including phenoxy) is 1. The van der Waals surface area contributed by atoms with E-state index in [0.717, 1.165) is 11.0 Å². The lowest BCUT2D eigenvalue weighted by atomic mass is 10.1. The number of carbonyl (C=O) groups excluding carboxylic acids is 4. The van der Waals surface area contributed by atoms with E-state index >= 15 is 0 Å². The van der Waals surface area contributed by atoms with Gasteiger partial charge in [-0.1, -0.05) is 12.1 Å². The zero-order chi connectivity index (χ0) is 20.3. The van der Waals surface area contributed by atoms with E-state index in [1.54, 1.807) is 24.3 Å². The minimum atomic E-state index is -0.693. The number of halogens is 1. The summed E-state index contributed by atoms with van der Waals surface area (Å²) in [5.41, 5.74) is 0.649. The first kappa shape index (κ1) is 19.2. The molecule has 1 N–H and O–H groups in total. The Kier molecular flexibility index (Phi) is 5.49. The first-order valence-electron chi connectivity index (χ1n) is 8.55. The van der Waals surface area contributed by atoms with E-state index in [4.69, 9.17) is 0 Å². The molecule has 1 aliphatic heterocycles. The smallest absolute Gasteiger partial charge is 0.337 e. The predicted molar refractivity (Wildman–Crippen MR) is 97.4 cm³/mol. The minimum absolute atomic E-state index is 0.0324. The number of benzene rings is 2. The van der Waals surface area contributed by atoms with Crippen molar-refractivity contribution in [2.45, 2.75) is 12.8 Å². The molecule has 1 aliphatic rings. The third-order valence-electron chi connectivity index (χ3n) is 4.33. The van der Waals surface area contributed by atoms with Crippen LogP contribution in [-0.2, 0) is 9.53 Å². The molecule has 1 heterocycles. The second kappa shape index (κ2) is 7.99. The van der Waals surface area contributed by atoms with Crippen molar-refractivity contribution < 1.29 is 28.3 Å². The van der Waals surface area contributed by atoms with Gasteiger partial charge in [0.15, 0.2) is 0 Å². The second-order valence-electron chi connectivity index (χ2n) is 6.15. The molecule has 0 spiro atoms. The molecule has 3 rings (SSSR count). The van der Waals surface area contributed by atoms with Crippen LogP contribution in [0.4, 0.5) is 10.1 Å². The molecule has 7 nitrogen and oxygen atoms in total. The molecule has 0 unspecified atom stereocenters. The number of fused-ring (bicyclic) bond motifs is 1. The van der Waals surface area contributed by atoms with Gasteiger partial charge < -0.3 is 10.1 Å². The highest BCUT2D eigenvalue weighted by molar-refractivity contribution is 6.21. The number of methoxy groups -OCH3 is 1. The summed E-state index contributed by atoms with van der Waals surface area (Å²) in [6, 6.07) is 10.0. The summed E-state index contributed by atoms with van der Waals surface area (Å²) in [5.74, 6) is -2.63. The molecule has 8 heteroatoms. The van der Waals surface area contributed by atoms with Crippen LogP contribution >= 0.6 is 0 Å². The topological polar surface area (TPSA) is 92.8 Å². The average molecular weight is 384 g/mol. The fourth-order valence-corrected chi connectivity index (χ4v) is 2.92. The first-order chi connectivity index (χ1) is 13.4. The van der Waals surface area contributed by atoms with E-state index in [0.29, 0.717) is 11.1 Å². The summed E-state index contributed by atoms with van der Waals surface area (Å²) >= 11 is 0. The van der Waals surface area contributed by atoms with Gasteiger partial charge in [-0.05, 0) is 36.8 Å². The Balaban J connectivity index is 1.57. The van der Waals surface area contributed by atoms with Crippen LogP contribution in [0.2, 0.25) is 0 Å². The van der Waals surface area contributed by atoms with E-state index in [1.165, 1.54) is 19.2 Å². The van der Waals surface area contributed by atoms with Crippen molar-refractivity contribution in [3.05, 3.63) is 65.0 Å². The van der Waals surface area contributed by atoms with Gasteiger partial charge in [0, 0.05) is 13.0 Å². The Morgan fingerprint density at radius 1 is 1.07 bits per heavy atom. The quantitative estimate of drug-likeness (QED) is 0.611. The van der Waals surface area contributed by atoms with Crippen molar-refractivity contribution in [3.63, 3.8) is 0 Å². The molecule has 0 saturated carbocycles. The van der Waals surface area contributed by atoms with Crippen molar-refractivity contribution in [2.75, 3.05) is 19.0 Å². The second-order valence-corrected chi connectivity index (χ2v) is 6.15. The van der Waals surface area contributed by atoms with Crippen LogP contribution in [-0.4, -0.2) is 42.2 Å². The molecule has 2 aromatic rings. The molecule has 3 amide bonds. The summed E-state index contributed by atoms with van der Waals surface area (Å²) in [5, 5.41) is 2.38. The van der Waals surface area contributed by atoms with Crippen LogP contribution in [0.15, 0.2) is 42.5 Å². The van der Waals surface area contributed by atoms with Crippen LogP contribution in [0, 0.1) is 5.82 Å². The molecular weight excluding hydrogens is 367 g/mol. The van der Waals surface area contributed by atoms with Crippen LogP contribution in [0.25, 0.3) is 0 Å². The van der Waals surface area contributed by atoms with Gasteiger partial charge >= 0.3 is 5.97 Å². The zero-order valence-electron chi connectivity index (χ0n) is 15.0. The van der Waals surface area contributed by atoms with Crippen LogP contribution in [0.3, 0.4) is 0 Å². The van der Waals surface area contributed by atoms with E-state index in [9.17, 15) is 23.6 Å². The fourth-order valence-electron chi connectivity index (χ4n) is 2.92. The Morgan fingerprint density at radius 3 is 2.32 bits per heavy atom. The molecular formula is C20H17FN2O5. The van der Waals surface area contributed by atoms with Gasteiger partial charge in [0.25, 0.3) is 11.8 Å². The fraction of sp³-hybridized carbons (Fsp3) is 0.200. The van der Waals surface area contributed by atoms with Gasteiger partial charge in [-0.15, -0.1) is 0 Å². The number of hydrogen-bond donors (Lipinski definition) is 1. The molecule has 0 aliphatic carbocycles. The summed E-state index contributed by atoms with van der Waals surface area (Å²) in [6.07, 6.45) is 0.185. The zero-order valence-corrected chi connectivity index (χ0v) is 15.0. The lowest BCUT2D eigenvalue weighted by Gasteiger charge is -2.13. The van der Waals surface area contributed by atoms with Crippen LogP contribution in [0.1, 0.15) is 43.9 Å². The maximum absolute atomic E-state index is 13.9. The maximum atomic E-state index is 13.9. The Bertz CT molecular complexity index is 938. The number of amides is 3. The average Bonchev–Trinajstić information content (AvgIpc) is 2.94. The molecule has 0 radical (unpaired) electrons. The van der Waals surface area contributed by atoms with Gasteiger partial charge in [-0.2, -0.15) is 0 Å². The van der Waals surface area contributed by atoms with Crippen molar-refractivity contribution in [1.82, 2.24) is 4.90 Å². The lowest BCUT2D eigenvalue weighted by molar-refractivity contribution is -0.116. The Hall–Kier alpha value is -3.55. The highest BCUT2D eigenvalue weighted by atomic mass is 19.1. The van der Waals surface area contributed by atoms with Crippen LogP contribution < -0.4 is 5.32 Å². The minimum Gasteiger partial charge on any atom is -0.465 e. The highest BCUT2D eigenvalue weighted by Crippen LogP contribution is 2.23. The maximum Gasteiger partial charge on any atom is 0.337 e. The summed E-state index contributed by atoms with van der Waals surface area (Å²) in [7, 11) is 1.20. The van der Waals surface area contributed by atoms with E-state index < -0.39 is 29.5 Å². The van der Waals surface area contributed by atoms with Crippen molar-refractivity contribution in [3.8, 4) is 0 Å². The number of anilines is 1. The van der Waals surface area contributed by atoms with Crippen molar-refractivity contribution in [2.24, 2.45) is 0 Å². The molecule has 28 heavy (non-hydrogen) atoms. The molecule has 0 fully saturated rings. The van der Waals surface area contributed by atoms with Gasteiger partial charge in [0.05, 0.1) is 29.5 Å². The summed E-state index contributed by atoms with van der Waals surface area (Å²) in [6.45, 7) is 0.0739.